The van der Waals surface area contributed by atoms with Crippen molar-refractivity contribution in [2.24, 2.45) is 0 Å². The van der Waals surface area contributed by atoms with Crippen LogP contribution in [-0.2, 0) is 34.0 Å². The Morgan fingerprint density at radius 1 is 0.786 bits per heavy atom. The number of carboxylic acids is 3. The fourth-order valence-electron chi connectivity index (χ4n) is 6.97. The summed E-state index contributed by atoms with van der Waals surface area (Å²) in [7, 11) is 0. The molecule has 2 aliphatic heterocycles. The summed E-state index contributed by atoms with van der Waals surface area (Å²) in [6, 6.07) is 7.80. The molecule has 2 unspecified atom stereocenters. The van der Waals surface area contributed by atoms with Gasteiger partial charge >= 0.3 is 23.6 Å². The molecule has 0 radical (unpaired) electrons. The second kappa shape index (κ2) is 20.1. The van der Waals surface area contributed by atoms with Crippen LogP contribution in [0.15, 0.2) is 46.2 Å². The summed E-state index contributed by atoms with van der Waals surface area (Å²) in [6.07, 6.45) is 3.30. The predicted molar refractivity (Wildman–Crippen MR) is 205 cm³/mol. The SMILES string of the molecule is Cc1cn(C2CC(O)[C@@H](CO)S2)c(=O)n(CCCn2cc(-c3ccc(CN4CCN(CC(=O)O)CCN(CC(=O)O)CCN(CC(=O)O)CC4)cc3)nn2)c1=O. The summed E-state index contributed by atoms with van der Waals surface area (Å²) in [5, 5.41) is 56.0. The monoisotopic (exact) mass is 801 g/mol. The van der Waals surface area contributed by atoms with E-state index in [1.165, 1.54) is 27.1 Å². The molecule has 0 aliphatic carbocycles. The molecule has 2 aromatic heterocycles. The number of aromatic nitrogens is 5. The van der Waals surface area contributed by atoms with E-state index in [9.17, 15) is 49.5 Å². The lowest BCUT2D eigenvalue weighted by atomic mass is 10.1. The molecule has 0 saturated carbocycles. The van der Waals surface area contributed by atoms with E-state index in [0.717, 1.165) is 11.1 Å². The van der Waals surface area contributed by atoms with Crippen molar-refractivity contribution >= 4 is 29.7 Å². The summed E-state index contributed by atoms with van der Waals surface area (Å²) in [5.41, 5.74) is 2.03. The highest BCUT2D eigenvalue weighted by atomic mass is 32.2. The van der Waals surface area contributed by atoms with Crippen molar-refractivity contribution in [3.05, 3.63) is 68.6 Å². The standard InChI is InChI=1S/C36H51N9O10S/c1-25-18-45(31-17-29(47)30(24-46)56-31)36(55)44(35(25)54)8-2-7-43-20-28(37-38-43)27-5-3-26(4-6-27)19-39-9-11-40(21-32(48)49)13-15-42(23-34(52)53)16-14-41(12-10-39)22-33(50)51/h3-6,18,20,29-31,46-47H,2,7-17,19,21-24H2,1H3,(H,48,49)(H,50,51)(H,52,53)/t29?,30-,31?/m1/s1. The third kappa shape index (κ3) is 12.0. The second-order valence-electron chi connectivity index (χ2n) is 14.3. The highest BCUT2D eigenvalue weighted by molar-refractivity contribution is 8.00. The van der Waals surface area contributed by atoms with E-state index < -0.39 is 35.0 Å². The normalized spacial score (nSPS) is 21.1. The number of hydrogen-bond donors (Lipinski definition) is 5. The van der Waals surface area contributed by atoms with Gasteiger partial charge in [-0.1, -0.05) is 29.5 Å². The molecule has 0 amide bonds. The molecule has 2 aliphatic rings. The Kier molecular flexibility index (Phi) is 15.3. The fourth-order valence-corrected chi connectivity index (χ4v) is 8.34. The first-order valence-corrected chi connectivity index (χ1v) is 19.5. The zero-order valence-corrected chi connectivity index (χ0v) is 32.2. The molecule has 5 N–H and O–H groups in total. The minimum atomic E-state index is -1.00. The summed E-state index contributed by atoms with van der Waals surface area (Å²) in [6.45, 7) is 5.20. The molecule has 2 saturated heterocycles. The third-order valence-corrected chi connectivity index (χ3v) is 11.6. The lowest BCUT2D eigenvalue weighted by Crippen LogP contribution is -2.48. The zero-order chi connectivity index (χ0) is 40.4. The van der Waals surface area contributed by atoms with E-state index >= 15 is 0 Å². The number of aliphatic hydroxyl groups is 2. The van der Waals surface area contributed by atoms with E-state index in [2.05, 4.69) is 15.2 Å². The van der Waals surface area contributed by atoms with Gasteiger partial charge in [-0.3, -0.25) is 52.6 Å². The maximum Gasteiger partial charge on any atom is 0.331 e. The number of aliphatic hydroxyl groups excluding tert-OH is 2. The van der Waals surface area contributed by atoms with Crippen molar-refractivity contribution in [3.63, 3.8) is 0 Å². The molecule has 306 valence electrons. The number of rotatable bonds is 15. The van der Waals surface area contributed by atoms with Gasteiger partial charge in [0.25, 0.3) is 5.56 Å². The molecule has 4 heterocycles. The minimum absolute atomic E-state index is 0.161. The van der Waals surface area contributed by atoms with Gasteiger partial charge in [-0.2, -0.15) is 0 Å². The first kappa shape index (κ1) is 42.7. The van der Waals surface area contributed by atoms with E-state index in [0.29, 0.717) is 89.5 Å². The highest BCUT2D eigenvalue weighted by Gasteiger charge is 2.35. The number of hydrogen-bond acceptors (Lipinski definition) is 14. The van der Waals surface area contributed by atoms with Crippen molar-refractivity contribution < 1.29 is 39.9 Å². The van der Waals surface area contributed by atoms with Gasteiger partial charge in [0.15, 0.2) is 0 Å². The Bertz CT molecular complexity index is 1890. The van der Waals surface area contributed by atoms with Gasteiger partial charge in [0, 0.05) is 95.7 Å². The van der Waals surface area contributed by atoms with E-state index in [1.54, 1.807) is 32.5 Å². The largest absolute Gasteiger partial charge is 0.480 e. The molecule has 19 nitrogen and oxygen atoms in total. The predicted octanol–water partition coefficient (Wildman–Crippen LogP) is -1.00. The van der Waals surface area contributed by atoms with Gasteiger partial charge in [-0.25, -0.2) is 4.79 Å². The Balaban J connectivity index is 1.21. The lowest BCUT2D eigenvalue weighted by molar-refractivity contribution is -0.140. The number of aryl methyl sites for hydroxylation is 2. The molecule has 20 heteroatoms. The first-order chi connectivity index (χ1) is 26.8. The topological polar surface area (TPSA) is 240 Å². The summed E-state index contributed by atoms with van der Waals surface area (Å²) >= 11 is 1.32. The van der Waals surface area contributed by atoms with Crippen LogP contribution in [0.2, 0.25) is 0 Å². The van der Waals surface area contributed by atoms with Gasteiger partial charge in [-0.15, -0.1) is 16.9 Å². The van der Waals surface area contributed by atoms with Crippen LogP contribution in [0, 0.1) is 6.92 Å². The van der Waals surface area contributed by atoms with Crippen LogP contribution in [0.1, 0.15) is 29.3 Å². The lowest BCUT2D eigenvalue weighted by Gasteiger charge is -2.33. The van der Waals surface area contributed by atoms with E-state index in [4.69, 9.17) is 0 Å². The number of benzene rings is 1. The fraction of sp³-hybridized carbons (Fsp3) is 0.583. The maximum absolute atomic E-state index is 13.3. The third-order valence-electron chi connectivity index (χ3n) is 10.0. The number of thioether (sulfide) groups is 1. The average Bonchev–Trinajstić information content (AvgIpc) is 3.78. The highest BCUT2D eigenvalue weighted by Crippen LogP contribution is 2.40. The van der Waals surface area contributed by atoms with Crippen LogP contribution in [0.3, 0.4) is 0 Å². The molecule has 1 aromatic carbocycles. The van der Waals surface area contributed by atoms with Crippen molar-refractivity contribution in [2.75, 3.05) is 78.6 Å². The number of aliphatic carboxylic acids is 3. The van der Waals surface area contributed by atoms with Crippen LogP contribution >= 0.6 is 11.8 Å². The van der Waals surface area contributed by atoms with Gasteiger partial charge in [0.2, 0.25) is 0 Å². The summed E-state index contributed by atoms with van der Waals surface area (Å²) < 4.78 is 4.32. The molecule has 56 heavy (non-hydrogen) atoms. The Morgan fingerprint density at radius 2 is 1.32 bits per heavy atom. The van der Waals surface area contributed by atoms with Crippen molar-refractivity contribution in [1.29, 1.82) is 0 Å². The van der Waals surface area contributed by atoms with Gasteiger partial charge in [0.1, 0.15) is 5.69 Å². The number of nitrogens with zero attached hydrogens (tertiary/aromatic N) is 9. The van der Waals surface area contributed by atoms with Crippen molar-refractivity contribution in [1.82, 2.24) is 43.7 Å². The number of carboxylic acid groups (broad SMARTS) is 3. The Labute approximate surface area is 327 Å². The van der Waals surface area contributed by atoms with E-state index in [1.807, 2.05) is 24.3 Å². The van der Waals surface area contributed by atoms with Crippen molar-refractivity contribution in [3.8, 4) is 11.3 Å². The van der Waals surface area contributed by atoms with Gasteiger partial charge in [0.05, 0.1) is 49.2 Å². The molecule has 0 spiro atoms. The molecule has 3 atom stereocenters. The summed E-state index contributed by atoms with van der Waals surface area (Å²) in [4.78, 5) is 68.4. The number of carbonyl (C=O) groups is 3. The molecule has 3 aromatic rings. The average molecular weight is 802 g/mol. The quantitative estimate of drug-likeness (QED) is 0.124. The van der Waals surface area contributed by atoms with Crippen molar-refractivity contribution in [2.45, 2.75) is 56.1 Å². The van der Waals surface area contributed by atoms with Gasteiger partial charge in [-0.05, 0) is 18.9 Å². The van der Waals surface area contributed by atoms with Crippen LogP contribution < -0.4 is 11.2 Å². The molecule has 2 fully saturated rings. The summed E-state index contributed by atoms with van der Waals surface area (Å²) in [5.74, 6) is -2.95. The first-order valence-electron chi connectivity index (χ1n) is 18.6. The van der Waals surface area contributed by atoms with E-state index in [-0.39, 0.29) is 43.7 Å². The minimum Gasteiger partial charge on any atom is -0.480 e. The van der Waals surface area contributed by atoms with Crippen LogP contribution in [-0.4, -0.2) is 177 Å². The molecule has 5 rings (SSSR count). The van der Waals surface area contributed by atoms with Gasteiger partial charge < -0.3 is 25.5 Å². The Morgan fingerprint density at radius 3 is 1.82 bits per heavy atom. The molecular formula is C36H51N9O10S. The van der Waals surface area contributed by atoms with Crippen LogP contribution in [0.25, 0.3) is 11.3 Å². The van der Waals surface area contributed by atoms with Crippen LogP contribution in [0.4, 0.5) is 0 Å². The Hall–Kier alpha value is -4.44. The molecule has 0 bridgehead atoms. The maximum atomic E-state index is 13.3. The second-order valence-corrected chi connectivity index (χ2v) is 15.7. The smallest absolute Gasteiger partial charge is 0.331 e. The van der Waals surface area contributed by atoms with Crippen LogP contribution in [0.5, 0.6) is 0 Å². The zero-order valence-electron chi connectivity index (χ0n) is 31.4. The molecular weight excluding hydrogens is 751 g/mol.